The molecule has 1 aliphatic heterocycles. The Kier molecular flexibility index (Phi) is 6.61. The number of amides is 3. The molecule has 7 heteroatoms. The maximum Gasteiger partial charge on any atom is 0.324 e. The molecule has 120 valence electrons. The lowest BCUT2D eigenvalue weighted by Gasteiger charge is -2.27. The lowest BCUT2D eigenvalue weighted by molar-refractivity contribution is -0.138. The van der Waals surface area contributed by atoms with Crippen molar-refractivity contribution in [2.45, 2.75) is 38.6 Å². The molecule has 0 aromatic rings. The van der Waals surface area contributed by atoms with Gasteiger partial charge in [-0.1, -0.05) is 6.92 Å². The minimum absolute atomic E-state index is 0.0459. The summed E-state index contributed by atoms with van der Waals surface area (Å²) in [7, 11) is 3.90. The average molecular weight is 299 g/mol. The zero-order chi connectivity index (χ0) is 16.0. The second-order valence-electron chi connectivity index (χ2n) is 6.01. The number of carbonyl (C=O) groups excluding carboxylic acids is 2. The van der Waals surface area contributed by atoms with Gasteiger partial charge in [0, 0.05) is 32.0 Å². The molecule has 0 spiro atoms. The predicted octanol–water partition coefficient (Wildman–Crippen LogP) is 0.750. The van der Waals surface area contributed by atoms with Gasteiger partial charge in [0.2, 0.25) is 5.91 Å². The molecule has 0 aromatic heterocycles. The molecule has 0 bridgehead atoms. The van der Waals surface area contributed by atoms with E-state index in [9.17, 15) is 14.4 Å². The van der Waals surface area contributed by atoms with Crippen LogP contribution in [-0.4, -0.2) is 66.0 Å². The third-order valence-electron chi connectivity index (χ3n) is 3.52. The van der Waals surface area contributed by atoms with Gasteiger partial charge < -0.3 is 14.9 Å². The third-order valence-corrected chi connectivity index (χ3v) is 3.52. The van der Waals surface area contributed by atoms with E-state index in [2.05, 4.69) is 5.32 Å². The van der Waals surface area contributed by atoms with Crippen LogP contribution in [0.15, 0.2) is 0 Å². The van der Waals surface area contributed by atoms with Gasteiger partial charge in [-0.05, 0) is 32.9 Å². The van der Waals surface area contributed by atoms with Crippen LogP contribution in [0.5, 0.6) is 0 Å². The van der Waals surface area contributed by atoms with Gasteiger partial charge in [-0.25, -0.2) is 4.79 Å². The van der Waals surface area contributed by atoms with Gasteiger partial charge >= 0.3 is 12.0 Å². The summed E-state index contributed by atoms with van der Waals surface area (Å²) < 4.78 is 0. The second kappa shape index (κ2) is 7.97. The number of hydrogen-bond acceptors (Lipinski definition) is 4. The van der Waals surface area contributed by atoms with Gasteiger partial charge in [0.15, 0.2) is 0 Å². The van der Waals surface area contributed by atoms with Crippen LogP contribution in [0.3, 0.4) is 0 Å². The summed E-state index contributed by atoms with van der Waals surface area (Å²) in [6.45, 7) is 3.11. The number of likely N-dealkylation sites (N-methyl/N-ethyl adjacent to an activating group) is 1. The zero-order valence-electron chi connectivity index (χ0n) is 13.0. The maximum atomic E-state index is 12.1. The van der Waals surface area contributed by atoms with Crippen molar-refractivity contribution in [2.24, 2.45) is 5.92 Å². The van der Waals surface area contributed by atoms with E-state index in [0.717, 1.165) is 19.4 Å². The molecule has 3 amide bonds. The minimum atomic E-state index is -0.938. The maximum absolute atomic E-state index is 12.1. The van der Waals surface area contributed by atoms with Crippen molar-refractivity contribution in [3.63, 3.8) is 0 Å². The first-order valence-corrected chi connectivity index (χ1v) is 7.26. The average Bonchev–Trinajstić information content (AvgIpc) is 2.74. The first kappa shape index (κ1) is 17.4. The van der Waals surface area contributed by atoms with Crippen molar-refractivity contribution in [3.8, 4) is 0 Å². The first-order chi connectivity index (χ1) is 9.79. The molecule has 1 aliphatic rings. The quantitative estimate of drug-likeness (QED) is 0.755. The molecule has 1 heterocycles. The van der Waals surface area contributed by atoms with Crippen molar-refractivity contribution in [1.82, 2.24) is 15.1 Å². The number of hydrogen-bond donors (Lipinski definition) is 2. The van der Waals surface area contributed by atoms with E-state index >= 15 is 0 Å². The molecule has 0 saturated carbocycles. The van der Waals surface area contributed by atoms with E-state index in [-0.39, 0.29) is 30.8 Å². The fourth-order valence-corrected chi connectivity index (χ4v) is 2.64. The first-order valence-electron chi connectivity index (χ1n) is 7.26. The number of urea groups is 1. The van der Waals surface area contributed by atoms with E-state index < -0.39 is 11.9 Å². The van der Waals surface area contributed by atoms with E-state index in [4.69, 9.17) is 5.11 Å². The van der Waals surface area contributed by atoms with Gasteiger partial charge in [-0.2, -0.15) is 0 Å². The van der Waals surface area contributed by atoms with Gasteiger partial charge in [-0.15, -0.1) is 0 Å². The Morgan fingerprint density at radius 2 is 2.00 bits per heavy atom. The summed E-state index contributed by atoms with van der Waals surface area (Å²) in [4.78, 5) is 38.2. The molecule has 2 atom stereocenters. The molecule has 0 aliphatic carbocycles. The van der Waals surface area contributed by atoms with E-state index in [1.807, 2.05) is 19.0 Å². The number of nitrogens with one attached hydrogen (secondary N) is 1. The number of imide groups is 1. The molecule has 1 saturated heterocycles. The largest absolute Gasteiger partial charge is 0.481 e. The van der Waals surface area contributed by atoms with Crippen LogP contribution >= 0.6 is 0 Å². The molecule has 2 N–H and O–H groups in total. The molecule has 1 fully saturated rings. The molecule has 0 aromatic carbocycles. The summed E-state index contributed by atoms with van der Waals surface area (Å²) in [5.41, 5.74) is 0. The van der Waals surface area contributed by atoms with E-state index in [1.165, 1.54) is 0 Å². The summed E-state index contributed by atoms with van der Waals surface area (Å²) in [6.07, 6.45) is 1.85. The zero-order valence-corrected chi connectivity index (χ0v) is 13.0. The summed E-state index contributed by atoms with van der Waals surface area (Å²) in [5, 5.41) is 11.0. The summed E-state index contributed by atoms with van der Waals surface area (Å²) in [5.74, 6) is -1.64. The standard InChI is InChI=1S/C14H25N3O4/c1-10(8-13(19)20)7-12(18)15-14(21)17-6-4-5-11(17)9-16(2)3/h10-11H,4-9H2,1-3H3,(H,19,20)(H,15,18,21). The molecule has 0 radical (unpaired) electrons. The fourth-order valence-electron chi connectivity index (χ4n) is 2.64. The van der Waals surface area contributed by atoms with Gasteiger partial charge in [0.05, 0.1) is 0 Å². The van der Waals surface area contributed by atoms with Crippen LogP contribution in [0, 0.1) is 5.92 Å². The van der Waals surface area contributed by atoms with Gasteiger partial charge in [0.25, 0.3) is 0 Å². The predicted molar refractivity (Wildman–Crippen MR) is 77.9 cm³/mol. The van der Waals surface area contributed by atoms with E-state index in [1.54, 1.807) is 11.8 Å². The van der Waals surface area contributed by atoms with Gasteiger partial charge in [0.1, 0.15) is 0 Å². The van der Waals surface area contributed by atoms with Gasteiger partial charge in [-0.3, -0.25) is 14.9 Å². The van der Waals surface area contributed by atoms with Crippen LogP contribution in [0.2, 0.25) is 0 Å². The number of carbonyl (C=O) groups is 3. The van der Waals surface area contributed by atoms with E-state index in [0.29, 0.717) is 6.54 Å². The summed E-state index contributed by atoms with van der Waals surface area (Å²) >= 11 is 0. The lowest BCUT2D eigenvalue weighted by atomic mass is 10.0. The van der Waals surface area contributed by atoms with Crippen LogP contribution in [-0.2, 0) is 9.59 Å². The molecule has 2 unspecified atom stereocenters. The Hall–Kier alpha value is -1.63. The number of aliphatic carboxylic acids is 1. The Morgan fingerprint density at radius 3 is 2.57 bits per heavy atom. The fraction of sp³-hybridized carbons (Fsp3) is 0.786. The van der Waals surface area contributed by atoms with Crippen LogP contribution in [0.4, 0.5) is 4.79 Å². The van der Waals surface area contributed by atoms with Crippen molar-refractivity contribution in [2.75, 3.05) is 27.2 Å². The monoisotopic (exact) mass is 299 g/mol. The Bertz CT molecular complexity index is 398. The highest BCUT2D eigenvalue weighted by Gasteiger charge is 2.30. The summed E-state index contributed by atoms with van der Waals surface area (Å²) in [6, 6.07) is -0.240. The van der Waals surface area contributed by atoms with Crippen LogP contribution < -0.4 is 5.32 Å². The number of carboxylic acid groups (broad SMARTS) is 1. The van der Waals surface area contributed by atoms with Crippen LogP contribution in [0.1, 0.15) is 32.6 Å². The molecule has 21 heavy (non-hydrogen) atoms. The topological polar surface area (TPSA) is 89.9 Å². The normalized spacial score (nSPS) is 19.6. The number of rotatable bonds is 6. The highest BCUT2D eigenvalue weighted by atomic mass is 16.4. The van der Waals surface area contributed by atoms with Crippen LogP contribution in [0.25, 0.3) is 0 Å². The highest BCUT2D eigenvalue weighted by molar-refractivity contribution is 5.94. The Labute approximate surface area is 125 Å². The van der Waals surface area contributed by atoms with Crippen molar-refractivity contribution in [3.05, 3.63) is 0 Å². The number of likely N-dealkylation sites (tertiary alicyclic amines) is 1. The van der Waals surface area contributed by atoms with Crippen molar-refractivity contribution >= 4 is 17.9 Å². The minimum Gasteiger partial charge on any atom is -0.481 e. The molecular weight excluding hydrogens is 274 g/mol. The second-order valence-corrected chi connectivity index (χ2v) is 6.01. The smallest absolute Gasteiger partial charge is 0.324 e. The number of carboxylic acids is 1. The number of nitrogens with zero attached hydrogens (tertiary/aromatic N) is 2. The van der Waals surface area contributed by atoms with Crippen molar-refractivity contribution in [1.29, 1.82) is 0 Å². The SMILES string of the molecule is CC(CC(=O)O)CC(=O)NC(=O)N1CCCC1CN(C)C. The highest BCUT2D eigenvalue weighted by Crippen LogP contribution is 2.18. The third kappa shape index (κ3) is 6.12. The lowest BCUT2D eigenvalue weighted by Crippen LogP contribution is -2.48. The molecular formula is C14H25N3O4. The molecule has 7 nitrogen and oxygen atoms in total. The Morgan fingerprint density at radius 1 is 1.33 bits per heavy atom. The molecule has 1 rings (SSSR count). The Balaban J connectivity index is 2.44. The van der Waals surface area contributed by atoms with Crippen molar-refractivity contribution < 1.29 is 19.5 Å².